The molecule has 0 spiro atoms. The number of amides is 2. The number of nitrogens with one attached hydrogen (secondary N) is 2. The molecule has 2 rings (SSSR count). The molecule has 2 N–H and O–H groups in total. The number of unbranched alkanes of at least 4 members (excludes halogenated alkanes) is 1. The minimum Gasteiger partial charge on any atom is -0.352 e. The number of hydrogen-bond donors (Lipinski definition) is 2. The fourth-order valence-corrected chi connectivity index (χ4v) is 2.56. The van der Waals surface area contributed by atoms with Crippen LogP contribution < -0.4 is 10.6 Å². The SMILES string of the molecule is C=CCCCN1CCNC(CC(=O)NCc2cccnc2)C1=O.Cl. The summed E-state index contributed by atoms with van der Waals surface area (Å²) < 4.78 is 0. The van der Waals surface area contributed by atoms with Gasteiger partial charge in [-0.05, 0) is 24.5 Å². The average molecular weight is 353 g/mol. The Morgan fingerprint density at radius 3 is 3.08 bits per heavy atom. The standard InChI is InChI=1S/C17H24N4O2.ClH/c1-2-3-4-9-21-10-8-19-15(17(21)23)11-16(22)20-13-14-6-5-7-18-12-14;/h2,5-7,12,15,19H,1,3-4,8-11,13H2,(H,20,22);1H. The molecule has 1 unspecified atom stereocenters. The summed E-state index contributed by atoms with van der Waals surface area (Å²) >= 11 is 0. The molecule has 1 aliphatic heterocycles. The van der Waals surface area contributed by atoms with Crippen molar-refractivity contribution in [3.63, 3.8) is 0 Å². The van der Waals surface area contributed by atoms with E-state index in [-0.39, 0.29) is 30.6 Å². The van der Waals surface area contributed by atoms with Crippen molar-refractivity contribution in [2.75, 3.05) is 19.6 Å². The van der Waals surface area contributed by atoms with Crippen LogP contribution in [-0.4, -0.2) is 47.4 Å². The van der Waals surface area contributed by atoms with E-state index in [1.54, 1.807) is 12.4 Å². The van der Waals surface area contributed by atoms with E-state index in [2.05, 4.69) is 22.2 Å². The molecule has 132 valence electrons. The zero-order valence-corrected chi connectivity index (χ0v) is 14.6. The summed E-state index contributed by atoms with van der Waals surface area (Å²) in [6, 6.07) is 3.30. The zero-order chi connectivity index (χ0) is 16.5. The maximum absolute atomic E-state index is 12.4. The first kappa shape index (κ1) is 20.1. The van der Waals surface area contributed by atoms with Gasteiger partial charge in [-0.25, -0.2) is 0 Å². The Hall–Kier alpha value is -1.92. The topological polar surface area (TPSA) is 74.3 Å². The number of allylic oxidation sites excluding steroid dienone is 1. The maximum Gasteiger partial charge on any atom is 0.240 e. The lowest BCUT2D eigenvalue weighted by atomic mass is 10.1. The van der Waals surface area contributed by atoms with Crippen LogP contribution in [0, 0.1) is 0 Å². The molecule has 1 saturated heterocycles. The molecule has 6 nitrogen and oxygen atoms in total. The molecule has 2 amide bonds. The number of nitrogens with zero attached hydrogens (tertiary/aromatic N) is 2. The largest absolute Gasteiger partial charge is 0.352 e. The van der Waals surface area contributed by atoms with Crippen molar-refractivity contribution < 1.29 is 9.59 Å². The van der Waals surface area contributed by atoms with E-state index in [1.165, 1.54) is 0 Å². The van der Waals surface area contributed by atoms with E-state index in [9.17, 15) is 9.59 Å². The van der Waals surface area contributed by atoms with E-state index < -0.39 is 6.04 Å². The summed E-state index contributed by atoms with van der Waals surface area (Å²) in [4.78, 5) is 30.3. The van der Waals surface area contributed by atoms with Gasteiger partial charge in [0.25, 0.3) is 0 Å². The molecular formula is C17H25ClN4O2. The van der Waals surface area contributed by atoms with Gasteiger partial charge in [0.2, 0.25) is 11.8 Å². The Labute approximate surface area is 149 Å². The van der Waals surface area contributed by atoms with Crippen molar-refractivity contribution in [2.45, 2.75) is 31.8 Å². The van der Waals surface area contributed by atoms with Gasteiger partial charge in [0, 0.05) is 38.6 Å². The van der Waals surface area contributed by atoms with Crippen LogP contribution in [0.5, 0.6) is 0 Å². The molecule has 1 aromatic rings. The minimum absolute atomic E-state index is 0. The summed E-state index contributed by atoms with van der Waals surface area (Å²) in [5.41, 5.74) is 0.940. The molecule has 1 aromatic heterocycles. The molecule has 2 heterocycles. The van der Waals surface area contributed by atoms with Crippen molar-refractivity contribution in [1.29, 1.82) is 0 Å². The van der Waals surface area contributed by atoms with E-state index in [4.69, 9.17) is 0 Å². The van der Waals surface area contributed by atoms with Gasteiger partial charge in [-0.15, -0.1) is 19.0 Å². The van der Waals surface area contributed by atoms with E-state index >= 15 is 0 Å². The Bertz CT molecular complexity index is 539. The molecule has 0 radical (unpaired) electrons. The Kier molecular flexibility index (Phi) is 9.04. The van der Waals surface area contributed by atoms with E-state index in [1.807, 2.05) is 23.1 Å². The van der Waals surface area contributed by atoms with Gasteiger partial charge < -0.3 is 15.5 Å². The van der Waals surface area contributed by atoms with E-state index in [0.717, 1.165) is 31.5 Å². The number of halogens is 1. The molecule has 24 heavy (non-hydrogen) atoms. The summed E-state index contributed by atoms with van der Waals surface area (Å²) in [5.74, 6) is -0.121. The van der Waals surface area contributed by atoms with Crippen LogP contribution in [0.25, 0.3) is 0 Å². The molecule has 0 aromatic carbocycles. The molecule has 0 bridgehead atoms. The van der Waals surface area contributed by atoms with Crippen molar-refractivity contribution >= 4 is 24.2 Å². The first-order valence-corrected chi connectivity index (χ1v) is 7.99. The highest BCUT2D eigenvalue weighted by Crippen LogP contribution is 2.07. The van der Waals surface area contributed by atoms with Crippen LogP contribution in [0.15, 0.2) is 37.2 Å². The van der Waals surface area contributed by atoms with Crippen LogP contribution in [0.2, 0.25) is 0 Å². The first-order chi connectivity index (χ1) is 11.2. The Balaban J connectivity index is 0.00000288. The van der Waals surface area contributed by atoms with Gasteiger partial charge in [-0.1, -0.05) is 12.1 Å². The van der Waals surface area contributed by atoms with Gasteiger partial charge in [0.05, 0.1) is 12.5 Å². The van der Waals surface area contributed by atoms with Gasteiger partial charge in [-0.2, -0.15) is 0 Å². The number of carbonyl (C=O) groups excluding carboxylic acids is 2. The first-order valence-electron chi connectivity index (χ1n) is 7.99. The lowest BCUT2D eigenvalue weighted by Crippen LogP contribution is -2.56. The van der Waals surface area contributed by atoms with Crippen molar-refractivity contribution in [2.24, 2.45) is 0 Å². The van der Waals surface area contributed by atoms with Crippen LogP contribution in [0.1, 0.15) is 24.8 Å². The number of hydrogen-bond acceptors (Lipinski definition) is 4. The smallest absolute Gasteiger partial charge is 0.240 e. The predicted molar refractivity (Wildman–Crippen MR) is 95.8 cm³/mol. The predicted octanol–water partition coefficient (Wildman–Crippen LogP) is 1.28. The van der Waals surface area contributed by atoms with Crippen molar-refractivity contribution in [1.82, 2.24) is 20.5 Å². The third-order valence-electron chi connectivity index (χ3n) is 3.82. The van der Waals surface area contributed by atoms with Gasteiger partial charge in [0.1, 0.15) is 0 Å². The fraction of sp³-hybridized carbons (Fsp3) is 0.471. The normalized spacial score (nSPS) is 17.1. The highest BCUT2D eigenvalue weighted by molar-refractivity contribution is 5.88. The van der Waals surface area contributed by atoms with Crippen LogP contribution in [-0.2, 0) is 16.1 Å². The third-order valence-corrected chi connectivity index (χ3v) is 3.82. The zero-order valence-electron chi connectivity index (χ0n) is 13.7. The molecule has 0 aliphatic carbocycles. The summed E-state index contributed by atoms with van der Waals surface area (Å²) in [5, 5.41) is 5.96. The van der Waals surface area contributed by atoms with Gasteiger partial charge in [0.15, 0.2) is 0 Å². The number of carbonyl (C=O) groups is 2. The van der Waals surface area contributed by atoms with Crippen molar-refractivity contribution in [3.05, 3.63) is 42.7 Å². The number of piperazine rings is 1. The highest BCUT2D eigenvalue weighted by atomic mass is 35.5. The number of pyridine rings is 1. The number of rotatable bonds is 8. The van der Waals surface area contributed by atoms with Crippen LogP contribution in [0.3, 0.4) is 0 Å². The molecule has 1 fully saturated rings. The van der Waals surface area contributed by atoms with Crippen molar-refractivity contribution in [3.8, 4) is 0 Å². The second-order valence-electron chi connectivity index (χ2n) is 5.61. The van der Waals surface area contributed by atoms with Gasteiger partial charge >= 0.3 is 0 Å². The van der Waals surface area contributed by atoms with Crippen LogP contribution in [0.4, 0.5) is 0 Å². The lowest BCUT2D eigenvalue weighted by Gasteiger charge is -2.33. The fourth-order valence-electron chi connectivity index (χ4n) is 2.56. The quantitative estimate of drug-likeness (QED) is 0.546. The molecule has 1 aliphatic rings. The summed E-state index contributed by atoms with van der Waals surface area (Å²) in [6.07, 6.45) is 7.23. The third kappa shape index (κ3) is 6.29. The Morgan fingerprint density at radius 2 is 2.38 bits per heavy atom. The second kappa shape index (κ2) is 10.8. The number of aromatic nitrogens is 1. The molecule has 7 heteroatoms. The molecule has 0 saturated carbocycles. The Morgan fingerprint density at radius 1 is 1.54 bits per heavy atom. The summed E-state index contributed by atoms with van der Waals surface area (Å²) in [6.45, 7) is 6.26. The summed E-state index contributed by atoms with van der Waals surface area (Å²) in [7, 11) is 0. The van der Waals surface area contributed by atoms with Crippen LogP contribution >= 0.6 is 12.4 Å². The monoisotopic (exact) mass is 352 g/mol. The minimum atomic E-state index is -0.429. The lowest BCUT2D eigenvalue weighted by molar-refractivity contribution is -0.138. The highest BCUT2D eigenvalue weighted by Gasteiger charge is 2.29. The van der Waals surface area contributed by atoms with Gasteiger partial charge in [-0.3, -0.25) is 14.6 Å². The second-order valence-corrected chi connectivity index (χ2v) is 5.61. The molecular weight excluding hydrogens is 328 g/mol. The average Bonchev–Trinajstić information content (AvgIpc) is 2.57. The van der Waals surface area contributed by atoms with E-state index in [0.29, 0.717) is 13.1 Å². The molecule has 1 atom stereocenters. The maximum atomic E-state index is 12.4.